The molecule has 3 heteroatoms. The van der Waals surface area contributed by atoms with Gasteiger partial charge in [0.1, 0.15) is 6.33 Å². The Morgan fingerprint density at radius 3 is 3.36 bits per heavy atom. The van der Waals surface area contributed by atoms with E-state index in [0.717, 1.165) is 19.4 Å². The number of hydrogen-bond donors (Lipinski definition) is 1. The standard InChI is InChI=1S/C11H13N3/c1-2-8-4-11-9(6-12-7-14-11)5-10(8)13-3-1/h1-2,6-8,10,13H,3-5H2/t8-,10-/m1/s1. The number of hydrogen-bond acceptors (Lipinski definition) is 3. The Labute approximate surface area is 83.3 Å². The Kier molecular flexibility index (Phi) is 1.84. The van der Waals surface area contributed by atoms with Gasteiger partial charge in [0, 0.05) is 24.5 Å². The molecular formula is C11H13N3. The molecule has 1 N–H and O–H groups in total. The minimum absolute atomic E-state index is 0.596. The van der Waals surface area contributed by atoms with E-state index in [-0.39, 0.29) is 0 Å². The van der Waals surface area contributed by atoms with Crippen LogP contribution in [-0.4, -0.2) is 22.6 Å². The molecule has 0 amide bonds. The van der Waals surface area contributed by atoms with Gasteiger partial charge in [-0.1, -0.05) is 12.2 Å². The van der Waals surface area contributed by atoms with E-state index >= 15 is 0 Å². The van der Waals surface area contributed by atoms with E-state index in [0.29, 0.717) is 12.0 Å². The van der Waals surface area contributed by atoms with Crippen molar-refractivity contribution in [2.75, 3.05) is 6.54 Å². The summed E-state index contributed by atoms with van der Waals surface area (Å²) in [4.78, 5) is 8.42. The Morgan fingerprint density at radius 1 is 1.36 bits per heavy atom. The average Bonchev–Trinajstić information content (AvgIpc) is 2.26. The number of nitrogens with one attached hydrogen (secondary N) is 1. The van der Waals surface area contributed by atoms with Crippen LogP contribution in [0.2, 0.25) is 0 Å². The topological polar surface area (TPSA) is 37.8 Å². The van der Waals surface area contributed by atoms with Crippen LogP contribution in [0.3, 0.4) is 0 Å². The molecule has 0 saturated carbocycles. The molecule has 2 atom stereocenters. The minimum Gasteiger partial charge on any atom is -0.310 e. The SMILES string of the molecule is C1=C[C@@H]2Cc3ncncc3C[C@H]2NC1. The molecular weight excluding hydrogens is 174 g/mol. The van der Waals surface area contributed by atoms with E-state index in [1.807, 2.05) is 6.20 Å². The normalized spacial score (nSPS) is 29.4. The molecule has 2 aliphatic rings. The molecule has 3 nitrogen and oxygen atoms in total. The van der Waals surface area contributed by atoms with Crippen LogP contribution in [0.15, 0.2) is 24.7 Å². The zero-order valence-corrected chi connectivity index (χ0v) is 7.98. The van der Waals surface area contributed by atoms with Gasteiger partial charge < -0.3 is 5.32 Å². The maximum absolute atomic E-state index is 4.34. The van der Waals surface area contributed by atoms with Crippen LogP contribution in [0.5, 0.6) is 0 Å². The molecule has 0 radical (unpaired) electrons. The van der Waals surface area contributed by atoms with Crippen molar-refractivity contribution < 1.29 is 0 Å². The van der Waals surface area contributed by atoms with Crippen LogP contribution in [0.25, 0.3) is 0 Å². The summed E-state index contributed by atoms with van der Waals surface area (Å²) >= 11 is 0. The van der Waals surface area contributed by atoms with E-state index in [1.165, 1.54) is 11.3 Å². The minimum atomic E-state index is 0.596. The van der Waals surface area contributed by atoms with Gasteiger partial charge in [0.2, 0.25) is 0 Å². The largest absolute Gasteiger partial charge is 0.310 e. The summed E-state index contributed by atoms with van der Waals surface area (Å²) in [6.07, 6.45) is 10.3. The Morgan fingerprint density at radius 2 is 2.36 bits per heavy atom. The van der Waals surface area contributed by atoms with Crippen molar-refractivity contribution >= 4 is 0 Å². The fourth-order valence-electron chi connectivity index (χ4n) is 2.38. The maximum Gasteiger partial charge on any atom is 0.115 e. The number of rotatable bonds is 0. The number of nitrogens with zero attached hydrogens (tertiary/aromatic N) is 2. The zero-order valence-electron chi connectivity index (χ0n) is 7.98. The van der Waals surface area contributed by atoms with Crippen molar-refractivity contribution in [3.05, 3.63) is 35.9 Å². The van der Waals surface area contributed by atoms with Crippen molar-refractivity contribution in [1.82, 2.24) is 15.3 Å². The molecule has 0 unspecified atom stereocenters. The Bertz CT molecular complexity index is 373. The van der Waals surface area contributed by atoms with Crippen LogP contribution >= 0.6 is 0 Å². The van der Waals surface area contributed by atoms with Crippen molar-refractivity contribution in [3.63, 3.8) is 0 Å². The molecule has 0 aromatic carbocycles. The molecule has 3 rings (SSSR count). The molecule has 0 saturated heterocycles. The third-order valence-electron chi connectivity index (χ3n) is 3.15. The highest BCUT2D eigenvalue weighted by molar-refractivity contribution is 5.25. The Hall–Kier alpha value is -1.22. The van der Waals surface area contributed by atoms with E-state index in [2.05, 4.69) is 27.4 Å². The fourth-order valence-corrected chi connectivity index (χ4v) is 2.38. The number of aromatic nitrogens is 2. The number of fused-ring (bicyclic) bond motifs is 2. The van der Waals surface area contributed by atoms with E-state index in [4.69, 9.17) is 0 Å². The van der Waals surface area contributed by atoms with Gasteiger partial charge in [-0.2, -0.15) is 0 Å². The van der Waals surface area contributed by atoms with Crippen LogP contribution < -0.4 is 5.32 Å². The highest BCUT2D eigenvalue weighted by Crippen LogP contribution is 2.26. The summed E-state index contributed by atoms with van der Waals surface area (Å²) in [7, 11) is 0. The predicted molar refractivity (Wildman–Crippen MR) is 53.9 cm³/mol. The first-order chi connectivity index (χ1) is 6.93. The lowest BCUT2D eigenvalue weighted by molar-refractivity contribution is 0.376. The summed E-state index contributed by atoms with van der Waals surface area (Å²) in [6.45, 7) is 1.00. The highest BCUT2D eigenvalue weighted by atomic mass is 14.9. The van der Waals surface area contributed by atoms with E-state index in [9.17, 15) is 0 Å². The van der Waals surface area contributed by atoms with Gasteiger partial charge in [-0.15, -0.1) is 0 Å². The van der Waals surface area contributed by atoms with Gasteiger partial charge in [0.25, 0.3) is 0 Å². The molecule has 72 valence electrons. The first kappa shape index (κ1) is 8.12. The zero-order chi connectivity index (χ0) is 9.38. The van der Waals surface area contributed by atoms with Gasteiger partial charge in [0.15, 0.2) is 0 Å². The van der Waals surface area contributed by atoms with Gasteiger partial charge in [-0.3, -0.25) is 0 Å². The maximum atomic E-state index is 4.34. The Balaban J connectivity index is 1.96. The van der Waals surface area contributed by atoms with E-state index < -0.39 is 0 Å². The molecule has 0 bridgehead atoms. The molecule has 2 heterocycles. The molecule has 0 spiro atoms. The third-order valence-corrected chi connectivity index (χ3v) is 3.15. The molecule has 1 aromatic heterocycles. The lowest BCUT2D eigenvalue weighted by atomic mass is 9.81. The van der Waals surface area contributed by atoms with Crippen molar-refractivity contribution in [1.29, 1.82) is 0 Å². The van der Waals surface area contributed by atoms with Gasteiger partial charge >= 0.3 is 0 Å². The van der Waals surface area contributed by atoms with Crippen molar-refractivity contribution in [3.8, 4) is 0 Å². The first-order valence-corrected chi connectivity index (χ1v) is 5.11. The van der Waals surface area contributed by atoms with Gasteiger partial charge in [0.05, 0.1) is 0 Å². The smallest absolute Gasteiger partial charge is 0.115 e. The fraction of sp³-hybridized carbons (Fsp3) is 0.455. The molecule has 1 aromatic rings. The third kappa shape index (κ3) is 1.24. The summed E-state index contributed by atoms with van der Waals surface area (Å²) in [5, 5.41) is 3.52. The second kappa shape index (κ2) is 3.17. The van der Waals surface area contributed by atoms with Gasteiger partial charge in [-0.05, 0) is 24.3 Å². The van der Waals surface area contributed by atoms with Crippen molar-refractivity contribution in [2.24, 2.45) is 5.92 Å². The predicted octanol–water partition coefficient (Wildman–Crippen LogP) is 0.719. The summed E-state index contributed by atoms with van der Waals surface area (Å²) in [5.41, 5.74) is 2.55. The van der Waals surface area contributed by atoms with Gasteiger partial charge in [-0.25, -0.2) is 9.97 Å². The van der Waals surface area contributed by atoms with Crippen LogP contribution in [0.4, 0.5) is 0 Å². The lowest BCUT2D eigenvalue weighted by Gasteiger charge is -2.33. The average molecular weight is 187 g/mol. The lowest BCUT2D eigenvalue weighted by Crippen LogP contribution is -2.43. The second-order valence-electron chi connectivity index (χ2n) is 4.01. The van der Waals surface area contributed by atoms with Crippen LogP contribution in [-0.2, 0) is 12.8 Å². The summed E-state index contributed by atoms with van der Waals surface area (Å²) < 4.78 is 0. The quantitative estimate of drug-likeness (QED) is 0.608. The van der Waals surface area contributed by atoms with Crippen LogP contribution in [0, 0.1) is 5.92 Å². The molecule has 0 fully saturated rings. The first-order valence-electron chi connectivity index (χ1n) is 5.11. The monoisotopic (exact) mass is 187 g/mol. The van der Waals surface area contributed by atoms with Crippen molar-refractivity contribution in [2.45, 2.75) is 18.9 Å². The summed E-state index contributed by atoms with van der Waals surface area (Å²) in [6, 6.07) is 0.596. The molecule has 1 aliphatic heterocycles. The second-order valence-corrected chi connectivity index (χ2v) is 4.01. The highest BCUT2D eigenvalue weighted by Gasteiger charge is 2.28. The molecule has 14 heavy (non-hydrogen) atoms. The van der Waals surface area contributed by atoms with Crippen LogP contribution in [0.1, 0.15) is 11.3 Å². The molecule has 1 aliphatic carbocycles. The summed E-state index contributed by atoms with van der Waals surface area (Å²) in [5.74, 6) is 0.631. The van der Waals surface area contributed by atoms with E-state index in [1.54, 1.807) is 6.33 Å².